The van der Waals surface area contributed by atoms with Gasteiger partial charge in [0.05, 0.1) is 5.69 Å². The zero-order valence-corrected chi connectivity index (χ0v) is 20.3. The highest BCUT2D eigenvalue weighted by atomic mass is 15.4. The minimum absolute atomic E-state index is 0.0154. The summed E-state index contributed by atoms with van der Waals surface area (Å²) in [4.78, 5) is 5.08. The van der Waals surface area contributed by atoms with Crippen LogP contribution in [0.25, 0.3) is 10.8 Å². The maximum Gasteiger partial charge on any atom is 0.132 e. The van der Waals surface area contributed by atoms with Gasteiger partial charge in [0, 0.05) is 23.3 Å². The van der Waals surface area contributed by atoms with Crippen molar-refractivity contribution in [3.63, 3.8) is 0 Å². The van der Waals surface area contributed by atoms with Crippen molar-refractivity contribution in [2.24, 2.45) is 0 Å². The molecule has 0 saturated carbocycles. The highest BCUT2D eigenvalue weighted by Crippen LogP contribution is 2.42. The minimum atomic E-state index is -0.0154. The second-order valence-corrected chi connectivity index (χ2v) is 8.87. The molecule has 5 aromatic rings. The minimum Gasteiger partial charge on any atom is -0.347 e. The molecule has 0 heterocycles. The van der Waals surface area contributed by atoms with Gasteiger partial charge in [-0.05, 0) is 47.7 Å². The van der Waals surface area contributed by atoms with Gasteiger partial charge in [0.2, 0.25) is 0 Å². The first kappa shape index (κ1) is 22.7. The summed E-state index contributed by atoms with van der Waals surface area (Å²) in [5, 5.41) is 2.50. The Morgan fingerprint density at radius 2 is 1.14 bits per heavy atom. The molecule has 0 aliphatic carbocycles. The van der Waals surface area contributed by atoms with Crippen molar-refractivity contribution in [3.8, 4) is 0 Å². The maximum atomic E-state index is 2.56. The van der Waals surface area contributed by atoms with Gasteiger partial charge in [0.15, 0.2) is 0 Å². The van der Waals surface area contributed by atoms with E-state index < -0.39 is 0 Å². The lowest BCUT2D eigenvalue weighted by Gasteiger charge is -2.43. The topological polar surface area (TPSA) is 6.48 Å². The monoisotopic (exact) mass is 456 g/mol. The number of benzene rings is 5. The number of fused-ring (bicyclic) bond motifs is 1. The molecule has 0 saturated heterocycles. The SMILES string of the molecule is CCCCN(c1ccccc1)C(c1ccccc1)N(c1ccccc1)c1cccc2ccccc12. The predicted octanol–water partition coefficient (Wildman–Crippen LogP) is 8.98. The number of rotatable bonds is 9. The normalized spacial score (nSPS) is 11.8. The van der Waals surface area contributed by atoms with Gasteiger partial charge in [0.1, 0.15) is 6.17 Å². The highest BCUT2D eigenvalue weighted by molar-refractivity contribution is 5.96. The summed E-state index contributed by atoms with van der Waals surface area (Å²) in [6, 6.07) is 47.9. The molecule has 0 bridgehead atoms. The van der Waals surface area contributed by atoms with E-state index in [1.165, 1.54) is 33.4 Å². The van der Waals surface area contributed by atoms with Crippen LogP contribution in [0.2, 0.25) is 0 Å². The van der Waals surface area contributed by atoms with Crippen molar-refractivity contribution < 1.29 is 0 Å². The first-order valence-electron chi connectivity index (χ1n) is 12.6. The molecule has 1 unspecified atom stereocenters. The predicted molar refractivity (Wildman–Crippen MR) is 150 cm³/mol. The number of nitrogens with zero attached hydrogens (tertiary/aromatic N) is 2. The number of anilines is 3. The van der Waals surface area contributed by atoms with Crippen LogP contribution in [-0.2, 0) is 0 Å². The molecule has 0 fully saturated rings. The van der Waals surface area contributed by atoms with Gasteiger partial charge in [-0.2, -0.15) is 0 Å². The summed E-state index contributed by atoms with van der Waals surface area (Å²) >= 11 is 0. The molecule has 0 aromatic heterocycles. The van der Waals surface area contributed by atoms with Crippen molar-refractivity contribution >= 4 is 27.8 Å². The zero-order valence-electron chi connectivity index (χ0n) is 20.3. The van der Waals surface area contributed by atoms with Crippen LogP contribution >= 0.6 is 0 Å². The van der Waals surface area contributed by atoms with Crippen LogP contribution < -0.4 is 9.80 Å². The van der Waals surface area contributed by atoms with Crippen LogP contribution in [0.5, 0.6) is 0 Å². The average Bonchev–Trinajstić information content (AvgIpc) is 2.94. The molecule has 2 heteroatoms. The van der Waals surface area contributed by atoms with Gasteiger partial charge in [-0.3, -0.25) is 0 Å². The van der Waals surface area contributed by atoms with E-state index in [1.54, 1.807) is 0 Å². The van der Waals surface area contributed by atoms with Crippen molar-refractivity contribution in [2.75, 3.05) is 16.3 Å². The Labute approximate surface area is 209 Å². The standard InChI is InChI=1S/C33H32N2/c1-2-3-26-34(29-20-9-5-10-21-29)33(28-17-7-4-8-18-28)35(30-22-11-6-12-23-30)32-25-15-19-27-16-13-14-24-31(27)32/h4-25,33H,2-3,26H2,1H3. The molecule has 0 N–H and O–H groups in total. The molecule has 35 heavy (non-hydrogen) atoms. The Hall–Kier alpha value is -4.04. The Morgan fingerprint density at radius 1 is 0.571 bits per heavy atom. The van der Waals surface area contributed by atoms with Crippen LogP contribution in [0.3, 0.4) is 0 Å². The fourth-order valence-corrected chi connectivity index (χ4v) is 4.85. The summed E-state index contributed by atoms with van der Waals surface area (Å²) in [5.74, 6) is 0. The van der Waals surface area contributed by atoms with Crippen LogP contribution in [-0.4, -0.2) is 6.54 Å². The fraction of sp³-hybridized carbons (Fsp3) is 0.152. The molecule has 174 valence electrons. The molecule has 0 aliphatic heterocycles. The Kier molecular flexibility index (Phi) is 7.10. The molecule has 0 amide bonds. The van der Waals surface area contributed by atoms with Crippen LogP contribution in [0.1, 0.15) is 31.5 Å². The Bertz CT molecular complexity index is 1330. The van der Waals surface area contributed by atoms with E-state index in [4.69, 9.17) is 0 Å². The molecule has 0 aliphatic rings. The number of para-hydroxylation sites is 2. The lowest BCUT2D eigenvalue weighted by molar-refractivity contribution is 0.604. The summed E-state index contributed by atoms with van der Waals surface area (Å²) in [5.41, 5.74) is 4.89. The quantitative estimate of drug-likeness (QED) is 0.204. The summed E-state index contributed by atoms with van der Waals surface area (Å²) in [6.45, 7) is 3.23. The second kappa shape index (κ2) is 10.9. The Morgan fingerprint density at radius 3 is 1.83 bits per heavy atom. The second-order valence-electron chi connectivity index (χ2n) is 8.87. The fourth-order valence-electron chi connectivity index (χ4n) is 4.85. The first-order chi connectivity index (χ1) is 17.4. The average molecular weight is 457 g/mol. The lowest BCUT2D eigenvalue weighted by atomic mass is 10.0. The molecule has 5 rings (SSSR count). The third-order valence-corrected chi connectivity index (χ3v) is 6.54. The largest absolute Gasteiger partial charge is 0.347 e. The van der Waals surface area contributed by atoms with E-state index in [0.29, 0.717) is 0 Å². The van der Waals surface area contributed by atoms with E-state index in [1.807, 2.05) is 0 Å². The third-order valence-electron chi connectivity index (χ3n) is 6.54. The molecule has 1 atom stereocenters. The van der Waals surface area contributed by atoms with E-state index >= 15 is 0 Å². The third kappa shape index (κ3) is 4.93. The molecule has 0 spiro atoms. The summed E-state index contributed by atoms with van der Waals surface area (Å²) < 4.78 is 0. The maximum absolute atomic E-state index is 2.56. The van der Waals surface area contributed by atoms with E-state index in [2.05, 4.69) is 150 Å². The first-order valence-corrected chi connectivity index (χ1v) is 12.6. The molecular formula is C33H32N2. The van der Waals surface area contributed by atoms with Crippen molar-refractivity contribution in [1.82, 2.24) is 0 Å². The molecular weight excluding hydrogens is 424 g/mol. The summed E-state index contributed by atoms with van der Waals surface area (Å²) in [7, 11) is 0. The molecule has 5 aromatic carbocycles. The Balaban J connectivity index is 1.78. The lowest BCUT2D eigenvalue weighted by Crippen LogP contribution is -2.40. The van der Waals surface area contributed by atoms with E-state index in [-0.39, 0.29) is 6.17 Å². The van der Waals surface area contributed by atoms with Gasteiger partial charge in [0.25, 0.3) is 0 Å². The highest BCUT2D eigenvalue weighted by Gasteiger charge is 2.29. The van der Waals surface area contributed by atoms with Crippen molar-refractivity contribution in [3.05, 3.63) is 139 Å². The summed E-state index contributed by atoms with van der Waals surface area (Å²) in [6.07, 6.45) is 2.25. The van der Waals surface area contributed by atoms with Gasteiger partial charge < -0.3 is 9.80 Å². The molecule has 2 nitrogen and oxygen atoms in total. The van der Waals surface area contributed by atoms with Crippen LogP contribution in [0.4, 0.5) is 17.1 Å². The molecule has 0 radical (unpaired) electrons. The number of unbranched alkanes of at least 4 members (excludes halogenated alkanes) is 1. The van der Waals surface area contributed by atoms with Gasteiger partial charge in [-0.25, -0.2) is 0 Å². The van der Waals surface area contributed by atoms with Crippen LogP contribution in [0.15, 0.2) is 133 Å². The van der Waals surface area contributed by atoms with E-state index in [9.17, 15) is 0 Å². The number of hydrogen-bond acceptors (Lipinski definition) is 2. The van der Waals surface area contributed by atoms with E-state index in [0.717, 1.165) is 19.4 Å². The van der Waals surface area contributed by atoms with Gasteiger partial charge in [-0.1, -0.05) is 116 Å². The van der Waals surface area contributed by atoms with Crippen molar-refractivity contribution in [1.29, 1.82) is 0 Å². The smallest absolute Gasteiger partial charge is 0.132 e. The number of hydrogen-bond donors (Lipinski definition) is 0. The van der Waals surface area contributed by atoms with Gasteiger partial charge in [-0.15, -0.1) is 0 Å². The van der Waals surface area contributed by atoms with Gasteiger partial charge >= 0.3 is 0 Å². The van der Waals surface area contributed by atoms with Crippen molar-refractivity contribution in [2.45, 2.75) is 25.9 Å². The van der Waals surface area contributed by atoms with Crippen LogP contribution in [0, 0.1) is 0 Å². The zero-order chi connectivity index (χ0) is 23.9.